The molecule has 2 N–H and O–H groups in total. The maximum atomic E-state index is 10.0. The van der Waals surface area contributed by atoms with Crippen molar-refractivity contribution < 1.29 is 5.11 Å². The van der Waals surface area contributed by atoms with Crippen LogP contribution in [-0.2, 0) is 6.54 Å². The predicted molar refractivity (Wildman–Crippen MR) is 65.1 cm³/mol. The van der Waals surface area contributed by atoms with Crippen LogP contribution in [-0.4, -0.2) is 47.8 Å². The van der Waals surface area contributed by atoms with Crippen molar-refractivity contribution in [3.63, 3.8) is 0 Å². The van der Waals surface area contributed by atoms with Crippen LogP contribution < -0.4 is 5.32 Å². The summed E-state index contributed by atoms with van der Waals surface area (Å²) in [6.07, 6.45) is 1.77. The molecule has 4 heteroatoms. The minimum absolute atomic E-state index is 0.557. The van der Waals surface area contributed by atoms with Crippen molar-refractivity contribution in [3.05, 3.63) is 30.1 Å². The van der Waals surface area contributed by atoms with Crippen molar-refractivity contribution in [2.75, 3.05) is 27.2 Å². The van der Waals surface area contributed by atoms with Gasteiger partial charge in [-0.15, -0.1) is 0 Å². The Morgan fingerprint density at radius 1 is 1.44 bits per heavy atom. The molecule has 1 unspecified atom stereocenters. The molecule has 1 aromatic heterocycles. The number of aromatic nitrogens is 1. The SMILES string of the molecule is CN(C)CC(C)(O)CNCc1ccccn1. The van der Waals surface area contributed by atoms with Crippen LogP contribution in [0.4, 0.5) is 0 Å². The molecule has 0 saturated heterocycles. The van der Waals surface area contributed by atoms with Gasteiger partial charge in [-0.3, -0.25) is 4.98 Å². The topological polar surface area (TPSA) is 48.4 Å². The second-order valence-corrected chi connectivity index (χ2v) is 4.66. The number of rotatable bonds is 6. The van der Waals surface area contributed by atoms with Gasteiger partial charge in [-0.2, -0.15) is 0 Å². The Morgan fingerprint density at radius 2 is 2.19 bits per heavy atom. The number of aliphatic hydroxyl groups is 1. The number of likely N-dealkylation sites (N-methyl/N-ethyl adjacent to an activating group) is 1. The van der Waals surface area contributed by atoms with Crippen molar-refractivity contribution >= 4 is 0 Å². The summed E-state index contributed by atoms with van der Waals surface area (Å²) < 4.78 is 0. The van der Waals surface area contributed by atoms with Crippen LogP contribution in [0.25, 0.3) is 0 Å². The van der Waals surface area contributed by atoms with Crippen molar-refractivity contribution in [2.45, 2.75) is 19.1 Å². The molecule has 0 bridgehead atoms. The first-order valence-corrected chi connectivity index (χ1v) is 5.47. The van der Waals surface area contributed by atoms with E-state index in [1.54, 1.807) is 6.20 Å². The lowest BCUT2D eigenvalue weighted by Gasteiger charge is -2.27. The van der Waals surface area contributed by atoms with Crippen LogP contribution in [0.3, 0.4) is 0 Å². The quantitative estimate of drug-likeness (QED) is 0.736. The third-order valence-electron chi connectivity index (χ3n) is 2.19. The Hall–Kier alpha value is -0.970. The third-order valence-corrected chi connectivity index (χ3v) is 2.19. The van der Waals surface area contributed by atoms with E-state index in [1.807, 2.05) is 44.1 Å². The molecule has 0 saturated carbocycles. The molecule has 0 aliphatic carbocycles. The number of hydrogen-bond acceptors (Lipinski definition) is 4. The van der Waals surface area contributed by atoms with E-state index in [0.717, 1.165) is 5.69 Å². The van der Waals surface area contributed by atoms with Gasteiger partial charge < -0.3 is 15.3 Å². The zero-order valence-corrected chi connectivity index (χ0v) is 10.3. The third kappa shape index (κ3) is 5.21. The highest BCUT2D eigenvalue weighted by Gasteiger charge is 2.20. The molecule has 0 spiro atoms. The number of nitrogens with zero attached hydrogens (tertiary/aromatic N) is 2. The lowest BCUT2D eigenvalue weighted by Crippen LogP contribution is -2.45. The first kappa shape index (κ1) is 13.1. The Morgan fingerprint density at radius 3 is 2.75 bits per heavy atom. The van der Waals surface area contributed by atoms with E-state index >= 15 is 0 Å². The molecule has 16 heavy (non-hydrogen) atoms. The molecule has 0 aliphatic heterocycles. The molecular formula is C12H21N3O. The van der Waals surface area contributed by atoms with E-state index in [4.69, 9.17) is 0 Å². The van der Waals surface area contributed by atoms with Crippen LogP contribution >= 0.6 is 0 Å². The van der Waals surface area contributed by atoms with Gasteiger partial charge >= 0.3 is 0 Å². The standard InChI is InChI=1S/C12H21N3O/c1-12(16,10-15(2)3)9-13-8-11-6-4-5-7-14-11/h4-7,13,16H,8-10H2,1-3H3. The van der Waals surface area contributed by atoms with E-state index < -0.39 is 5.60 Å². The van der Waals surface area contributed by atoms with Crippen LogP contribution in [0.15, 0.2) is 24.4 Å². The van der Waals surface area contributed by atoms with Crippen LogP contribution in [0.5, 0.6) is 0 Å². The van der Waals surface area contributed by atoms with Crippen LogP contribution in [0.1, 0.15) is 12.6 Å². The van der Waals surface area contributed by atoms with Gasteiger partial charge in [-0.1, -0.05) is 6.07 Å². The lowest BCUT2D eigenvalue weighted by molar-refractivity contribution is 0.0335. The molecule has 0 fully saturated rings. The van der Waals surface area contributed by atoms with E-state index in [1.165, 1.54) is 0 Å². The molecular weight excluding hydrogens is 202 g/mol. The molecule has 1 heterocycles. The molecule has 0 radical (unpaired) electrons. The second kappa shape index (κ2) is 5.94. The fourth-order valence-electron chi connectivity index (χ4n) is 1.70. The van der Waals surface area contributed by atoms with Gasteiger partial charge in [0.05, 0.1) is 11.3 Å². The summed E-state index contributed by atoms with van der Waals surface area (Å²) in [7, 11) is 3.90. The molecule has 1 atom stereocenters. The van der Waals surface area contributed by atoms with Gasteiger partial charge in [0.15, 0.2) is 0 Å². The summed E-state index contributed by atoms with van der Waals surface area (Å²) >= 11 is 0. The summed E-state index contributed by atoms with van der Waals surface area (Å²) in [6.45, 7) is 3.72. The number of hydrogen-bond donors (Lipinski definition) is 2. The molecule has 0 aliphatic rings. The lowest BCUT2D eigenvalue weighted by atomic mass is 10.1. The Bertz CT molecular complexity index is 298. The van der Waals surface area contributed by atoms with E-state index in [-0.39, 0.29) is 0 Å². The van der Waals surface area contributed by atoms with Gasteiger partial charge in [-0.25, -0.2) is 0 Å². The minimum atomic E-state index is -0.710. The zero-order chi connectivity index (χ0) is 12.0. The van der Waals surface area contributed by atoms with Crippen LogP contribution in [0, 0.1) is 0 Å². The fourth-order valence-corrected chi connectivity index (χ4v) is 1.70. The largest absolute Gasteiger partial charge is 0.388 e. The summed E-state index contributed by atoms with van der Waals surface area (Å²) in [4.78, 5) is 6.18. The molecule has 1 aromatic rings. The molecule has 0 amide bonds. The average Bonchev–Trinajstić information content (AvgIpc) is 2.16. The maximum Gasteiger partial charge on any atom is 0.0869 e. The van der Waals surface area contributed by atoms with Crippen LogP contribution in [0.2, 0.25) is 0 Å². The fraction of sp³-hybridized carbons (Fsp3) is 0.583. The minimum Gasteiger partial charge on any atom is -0.388 e. The van der Waals surface area contributed by atoms with E-state index in [2.05, 4.69) is 10.3 Å². The Labute approximate surface area is 97.3 Å². The predicted octanol–water partition coefficient (Wildman–Crippen LogP) is 0.484. The molecule has 0 aromatic carbocycles. The number of nitrogens with one attached hydrogen (secondary N) is 1. The highest BCUT2D eigenvalue weighted by molar-refractivity contribution is 5.03. The van der Waals surface area contributed by atoms with Gasteiger partial charge in [0, 0.05) is 25.8 Å². The summed E-state index contributed by atoms with van der Waals surface area (Å²) in [5.74, 6) is 0. The van der Waals surface area contributed by atoms with Gasteiger partial charge in [0.2, 0.25) is 0 Å². The zero-order valence-electron chi connectivity index (χ0n) is 10.3. The van der Waals surface area contributed by atoms with Gasteiger partial charge in [0.1, 0.15) is 0 Å². The van der Waals surface area contributed by atoms with E-state index in [9.17, 15) is 5.11 Å². The summed E-state index contributed by atoms with van der Waals surface area (Å²) in [5.41, 5.74) is 0.279. The monoisotopic (exact) mass is 223 g/mol. The van der Waals surface area contributed by atoms with Crippen molar-refractivity contribution in [1.82, 2.24) is 15.2 Å². The molecule has 4 nitrogen and oxygen atoms in total. The summed E-state index contributed by atoms with van der Waals surface area (Å²) in [5, 5.41) is 13.2. The molecule has 1 rings (SSSR count). The highest BCUT2D eigenvalue weighted by Crippen LogP contribution is 2.03. The number of pyridine rings is 1. The molecule has 90 valence electrons. The first-order valence-electron chi connectivity index (χ1n) is 5.47. The highest BCUT2D eigenvalue weighted by atomic mass is 16.3. The van der Waals surface area contributed by atoms with Crippen molar-refractivity contribution in [2.24, 2.45) is 0 Å². The Balaban J connectivity index is 2.30. The van der Waals surface area contributed by atoms with E-state index in [0.29, 0.717) is 19.6 Å². The van der Waals surface area contributed by atoms with Gasteiger partial charge in [0.25, 0.3) is 0 Å². The van der Waals surface area contributed by atoms with Crippen molar-refractivity contribution in [3.8, 4) is 0 Å². The second-order valence-electron chi connectivity index (χ2n) is 4.66. The van der Waals surface area contributed by atoms with Gasteiger partial charge in [-0.05, 0) is 33.2 Å². The van der Waals surface area contributed by atoms with Crippen molar-refractivity contribution in [1.29, 1.82) is 0 Å². The summed E-state index contributed by atoms with van der Waals surface area (Å²) in [6, 6.07) is 5.82. The normalized spacial score (nSPS) is 15.1. The average molecular weight is 223 g/mol. The first-order chi connectivity index (χ1) is 7.49. The smallest absolute Gasteiger partial charge is 0.0869 e. The maximum absolute atomic E-state index is 10.0. The Kier molecular flexibility index (Phi) is 4.86.